The number of nitrogens with one attached hydrogen (secondary N) is 1. The van der Waals surface area contributed by atoms with Gasteiger partial charge in [-0.15, -0.1) is 0 Å². The van der Waals surface area contributed by atoms with E-state index in [2.05, 4.69) is 21.7 Å². The monoisotopic (exact) mass is 288 g/mol. The molecule has 0 spiro atoms. The van der Waals surface area contributed by atoms with Gasteiger partial charge in [0.1, 0.15) is 12.7 Å². The van der Waals surface area contributed by atoms with Crippen molar-refractivity contribution in [2.75, 3.05) is 12.3 Å². The molecule has 110 valence electrons. The van der Waals surface area contributed by atoms with Crippen molar-refractivity contribution in [2.45, 2.75) is 52.0 Å². The van der Waals surface area contributed by atoms with Crippen molar-refractivity contribution < 1.29 is 8.42 Å². The normalized spacial score (nSPS) is 11.8. The van der Waals surface area contributed by atoms with Crippen molar-refractivity contribution in [2.24, 2.45) is 0 Å². The first-order chi connectivity index (χ1) is 9.14. The van der Waals surface area contributed by atoms with Crippen molar-refractivity contribution in [3.05, 3.63) is 12.7 Å². The summed E-state index contributed by atoms with van der Waals surface area (Å²) in [5.74, 6) is 0.0478. The van der Waals surface area contributed by atoms with Gasteiger partial charge in [-0.25, -0.2) is 18.1 Å². The molecular formula is C12H24N4O2S. The van der Waals surface area contributed by atoms with E-state index in [0.29, 0.717) is 13.1 Å². The van der Waals surface area contributed by atoms with Crippen LogP contribution >= 0.6 is 0 Å². The molecule has 0 aromatic carbocycles. The summed E-state index contributed by atoms with van der Waals surface area (Å²) >= 11 is 0. The summed E-state index contributed by atoms with van der Waals surface area (Å²) in [4.78, 5) is 3.77. The Labute approximate surface area is 115 Å². The maximum Gasteiger partial charge on any atom is 0.213 e. The molecule has 1 rings (SSSR count). The first kappa shape index (κ1) is 16.1. The fourth-order valence-corrected chi connectivity index (χ4v) is 2.79. The first-order valence-corrected chi connectivity index (χ1v) is 8.59. The number of hydrogen-bond acceptors (Lipinski definition) is 4. The molecule has 0 saturated carbocycles. The highest BCUT2D eigenvalue weighted by molar-refractivity contribution is 7.89. The third-order valence-electron chi connectivity index (χ3n) is 2.91. The minimum atomic E-state index is -3.19. The molecule has 0 amide bonds. The van der Waals surface area contributed by atoms with Crippen LogP contribution in [0, 0.1) is 0 Å². The number of nitrogens with zero attached hydrogens (tertiary/aromatic N) is 3. The van der Waals surface area contributed by atoms with Gasteiger partial charge in [0, 0.05) is 6.54 Å². The van der Waals surface area contributed by atoms with Crippen LogP contribution in [-0.2, 0) is 16.6 Å². The van der Waals surface area contributed by atoms with Crippen LogP contribution in [0.15, 0.2) is 12.7 Å². The molecular weight excluding hydrogens is 264 g/mol. The third-order valence-corrected chi connectivity index (χ3v) is 4.27. The first-order valence-electron chi connectivity index (χ1n) is 6.94. The maximum absolute atomic E-state index is 11.7. The second-order valence-corrected chi connectivity index (χ2v) is 6.57. The van der Waals surface area contributed by atoms with Crippen molar-refractivity contribution in [3.8, 4) is 0 Å². The lowest BCUT2D eigenvalue weighted by molar-refractivity contribution is 0.557. The Morgan fingerprint density at radius 2 is 1.89 bits per heavy atom. The summed E-state index contributed by atoms with van der Waals surface area (Å²) in [6.45, 7) is 3.06. The van der Waals surface area contributed by atoms with E-state index < -0.39 is 10.0 Å². The molecule has 1 heterocycles. The average Bonchev–Trinajstić information content (AvgIpc) is 2.89. The molecule has 6 nitrogen and oxygen atoms in total. The molecule has 0 aliphatic carbocycles. The van der Waals surface area contributed by atoms with Crippen LogP contribution in [0.2, 0.25) is 0 Å². The number of rotatable bonds is 11. The highest BCUT2D eigenvalue weighted by atomic mass is 32.2. The van der Waals surface area contributed by atoms with Crippen molar-refractivity contribution in [1.82, 2.24) is 19.5 Å². The molecule has 1 N–H and O–H groups in total. The lowest BCUT2D eigenvalue weighted by Gasteiger charge is -2.06. The molecule has 0 radical (unpaired) electrons. The van der Waals surface area contributed by atoms with Gasteiger partial charge in [0.05, 0.1) is 12.3 Å². The molecule has 1 aromatic heterocycles. The quantitative estimate of drug-likeness (QED) is 0.627. The molecule has 7 heteroatoms. The van der Waals surface area contributed by atoms with E-state index in [1.165, 1.54) is 43.0 Å². The van der Waals surface area contributed by atoms with Crippen LogP contribution in [0.3, 0.4) is 0 Å². The predicted octanol–water partition coefficient (Wildman–Crippen LogP) is 1.56. The zero-order chi connectivity index (χ0) is 14.0. The van der Waals surface area contributed by atoms with Crippen LogP contribution in [0.5, 0.6) is 0 Å². The minimum Gasteiger partial charge on any atom is -0.252 e. The highest BCUT2D eigenvalue weighted by Crippen LogP contribution is 2.04. The Bertz CT molecular complexity index is 417. The SMILES string of the molecule is CCCCCCCCNS(=O)(=O)CCn1cncn1. The minimum absolute atomic E-state index is 0.0478. The van der Waals surface area contributed by atoms with Gasteiger partial charge in [-0.3, -0.25) is 4.68 Å². The number of aromatic nitrogens is 3. The number of aryl methyl sites for hydroxylation is 1. The van der Waals surface area contributed by atoms with Gasteiger partial charge < -0.3 is 0 Å². The molecule has 0 atom stereocenters. The van der Waals surface area contributed by atoms with Gasteiger partial charge in [-0.1, -0.05) is 39.0 Å². The number of hydrogen-bond donors (Lipinski definition) is 1. The Morgan fingerprint density at radius 3 is 2.58 bits per heavy atom. The fourth-order valence-electron chi connectivity index (χ4n) is 1.77. The van der Waals surface area contributed by atoms with Gasteiger partial charge in [-0.05, 0) is 6.42 Å². The molecule has 0 fully saturated rings. The van der Waals surface area contributed by atoms with Crippen LogP contribution in [0.25, 0.3) is 0 Å². The van der Waals surface area contributed by atoms with E-state index >= 15 is 0 Å². The van der Waals surface area contributed by atoms with Gasteiger partial charge in [-0.2, -0.15) is 5.10 Å². The molecule has 0 aliphatic rings. The van der Waals surface area contributed by atoms with Gasteiger partial charge in [0.25, 0.3) is 0 Å². The standard InChI is InChI=1S/C12H24N4O2S/c1-2-3-4-5-6-7-8-15-19(17,18)10-9-16-12-13-11-14-16/h11-12,15H,2-10H2,1H3. The molecule has 0 unspecified atom stereocenters. The summed E-state index contributed by atoms with van der Waals surface area (Å²) in [6.07, 6.45) is 9.85. The van der Waals surface area contributed by atoms with Gasteiger partial charge in [0.2, 0.25) is 10.0 Å². The van der Waals surface area contributed by atoms with E-state index in [-0.39, 0.29) is 5.75 Å². The maximum atomic E-state index is 11.7. The van der Waals surface area contributed by atoms with Crippen molar-refractivity contribution in [3.63, 3.8) is 0 Å². The smallest absolute Gasteiger partial charge is 0.213 e. The number of sulfonamides is 1. The van der Waals surface area contributed by atoms with Crippen LogP contribution < -0.4 is 4.72 Å². The van der Waals surface area contributed by atoms with E-state index in [1.54, 1.807) is 0 Å². The lowest BCUT2D eigenvalue weighted by Crippen LogP contribution is -2.29. The van der Waals surface area contributed by atoms with Gasteiger partial charge in [0.15, 0.2) is 0 Å². The average molecular weight is 288 g/mol. The fraction of sp³-hybridized carbons (Fsp3) is 0.833. The Balaban J connectivity index is 2.06. The summed E-state index contributed by atoms with van der Waals surface area (Å²) in [5, 5.41) is 3.87. The molecule has 0 saturated heterocycles. The Hall–Kier alpha value is -0.950. The number of unbranched alkanes of at least 4 members (excludes halogenated alkanes) is 5. The summed E-state index contributed by atoms with van der Waals surface area (Å²) in [5.41, 5.74) is 0. The second-order valence-electron chi connectivity index (χ2n) is 4.64. The zero-order valence-corrected chi connectivity index (χ0v) is 12.4. The second kappa shape index (κ2) is 9.03. The Kier molecular flexibility index (Phi) is 7.66. The largest absolute Gasteiger partial charge is 0.252 e. The highest BCUT2D eigenvalue weighted by Gasteiger charge is 2.09. The predicted molar refractivity (Wildman–Crippen MR) is 75.2 cm³/mol. The molecule has 0 bridgehead atoms. The molecule has 19 heavy (non-hydrogen) atoms. The summed E-state index contributed by atoms with van der Waals surface area (Å²) in [6, 6.07) is 0. The summed E-state index contributed by atoms with van der Waals surface area (Å²) in [7, 11) is -3.19. The van der Waals surface area contributed by atoms with E-state index in [9.17, 15) is 8.42 Å². The topological polar surface area (TPSA) is 76.9 Å². The van der Waals surface area contributed by atoms with E-state index in [1.807, 2.05) is 0 Å². The van der Waals surface area contributed by atoms with Crippen molar-refractivity contribution in [1.29, 1.82) is 0 Å². The van der Waals surface area contributed by atoms with Gasteiger partial charge >= 0.3 is 0 Å². The van der Waals surface area contributed by atoms with E-state index in [0.717, 1.165) is 12.8 Å². The molecule has 1 aromatic rings. The van der Waals surface area contributed by atoms with E-state index in [4.69, 9.17) is 0 Å². The Morgan fingerprint density at radius 1 is 1.16 bits per heavy atom. The van der Waals surface area contributed by atoms with Crippen molar-refractivity contribution >= 4 is 10.0 Å². The van der Waals surface area contributed by atoms with Crippen LogP contribution in [-0.4, -0.2) is 35.5 Å². The van der Waals surface area contributed by atoms with Crippen LogP contribution in [0.1, 0.15) is 45.4 Å². The molecule has 0 aliphatic heterocycles. The summed E-state index contributed by atoms with van der Waals surface area (Å²) < 4.78 is 27.5. The third kappa shape index (κ3) is 7.94. The van der Waals surface area contributed by atoms with Crippen LogP contribution in [0.4, 0.5) is 0 Å². The lowest BCUT2D eigenvalue weighted by atomic mass is 10.1. The zero-order valence-electron chi connectivity index (χ0n) is 11.6.